The van der Waals surface area contributed by atoms with Crippen molar-refractivity contribution >= 4 is 34.1 Å². The maximum absolute atomic E-state index is 13.3. The lowest BCUT2D eigenvalue weighted by molar-refractivity contribution is -0.117. The summed E-state index contributed by atoms with van der Waals surface area (Å²) in [5, 5.41) is 7.27. The van der Waals surface area contributed by atoms with Gasteiger partial charge in [0.25, 0.3) is 0 Å². The molecule has 0 saturated carbocycles. The molecule has 2 aromatic carbocycles. The zero-order chi connectivity index (χ0) is 22.1. The third-order valence-electron chi connectivity index (χ3n) is 5.37. The second kappa shape index (κ2) is 8.31. The van der Waals surface area contributed by atoms with Gasteiger partial charge in [0.15, 0.2) is 5.82 Å². The monoisotopic (exact) mass is 434 g/mol. The van der Waals surface area contributed by atoms with Gasteiger partial charge in [0.2, 0.25) is 11.6 Å². The number of aromatic nitrogens is 4. The van der Waals surface area contributed by atoms with Crippen molar-refractivity contribution in [2.75, 3.05) is 43.6 Å². The minimum Gasteiger partial charge on any atom is -0.495 e. The van der Waals surface area contributed by atoms with Crippen molar-refractivity contribution in [3.05, 3.63) is 59.0 Å². The van der Waals surface area contributed by atoms with Crippen molar-refractivity contribution in [1.82, 2.24) is 19.2 Å². The van der Waals surface area contributed by atoms with E-state index in [0.29, 0.717) is 60.2 Å². The molecule has 10 heteroatoms. The van der Waals surface area contributed by atoms with Crippen molar-refractivity contribution in [3.8, 4) is 5.75 Å². The van der Waals surface area contributed by atoms with Gasteiger partial charge in [0, 0.05) is 13.1 Å². The molecule has 0 bridgehead atoms. The molecule has 1 amide bonds. The average Bonchev–Trinajstić information content (AvgIpc) is 3.15. The molecular formula is C22H22N6O4. The molecule has 0 spiro atoms. The lowest BCUT2D eigenvalue weighted by Gasteiger charge is -2.27. The Hall–Kier alpha value is -3.92. The fourth-order valence-electron chi connectivity index (χ4n) is 3.85. The summed E-state index contributed by atoms with van der Waals surface area (Å²) in [7, 11) is 1.53. The molecule has 2 aromatic heterocycles. The first-order valence-corrected chi connectivity index (χ1v) is 10.3. The molecule has 0 aliphatic carbocycles. The highest BCUT2D eigenvalue weighted by molar-refractivity contribution is 5.92. The maximum atomic E-state index is 13.3. The van der Waals surface area contributed by atoms with Crippen LogP contribution in [0.3, 0.4) is 0 Å². The molecule has 5 rings (SSSR count). The highest BCUT2D eigenvalue weighted by Gasteiger charge is 2.22. The molecule has 1 aliphatic heterocycles. The second-order valence-electron chi connectivity index (χ2n) is 7.37. The molecule has 164 valence electrons. The van der Waals surface area contributed by atoms with E-state index in [1.807, 2.05) is 30.3 Å². The molecule has 1 saturated heterocycles. The standard InChI is InChI=1S/C22H22N6O4/c1-31-18-9-5-3-7-16(18)23-19(29)14-27-22(30)28-17-8-4-2-6-15(17)24-20(21(28)25-27)26-10-12-32-13-11-26/h2-9H,10-14H2,1H3,(H,23,29). The first-order chi connectivity index (χ1) is 15.7. The van der Waals surface area contributed by atoms with E-state index >= 15 is 0 Å². The number of hydrogen-bond acceptors (Lipinski definition) is 7. The van der Waals surface area contributed by atoms with Crippen LogP contribution in [0, 0.1) is 0 Å². The lowest BCUT2D eigenvalue weighted by atomic mass is 10.3. The fourth-order valence-corrected chi connectivity index (χ4v) is 3.85. The summed E-state index contributed by atoms with van der Waals surface area (Å²) < 4.78 is 13.4. The molecule has 32 heavy (non-hydrogen) atoms. The zero-order valence-electron chi connectivity index (χ0n) is 17.5. The number of anilines is 2. The van der Waals surface area contributed by atoms with Crippen molar-refractivity contribution in [2.24, 2.45) is 0 Å². The van der Waals surface area contributed by atoms with Crippen LogP contribution in [0.1, 0.15) is 0 Å². The van der Waals surface area contributed by atoms with Gasteiger partial charge in [-0.3, -0.25) is 4.79 Å². The van der Waals surface area contributed by atoms with Gasteiger partial charge in [-0.25, -0.2) is 18.9 Å². The number of hydrogen-bond donors (Lipinski definition) is 1. The fraction of sp³-hybridized carbons (Fsp3) is 0.273. The predicted octanol–water partition coefficient (Wildman–Crippen LogP) is 1.53. The van der Waals surface area contributed by atoms with E-state index in [-0.39, 0.29) is 12.5 Å². The number of rotatable bonds is 5. The summed E-state index contributed by atoms with van der Waals surface area (Å²) in [6.45, 7) is 2.21. The Labute approximate surface area is 183 Å². The van der Waals surface area contributed by atoms with Crippen LogP contribution >= 0.6 is 0 Å². The van der Waals surface area contributed by atoms with Crippen LogP contribution in [0.15, 0.2) is 53.3 Å². The third-order valence-corrected chi connectivity index (χ3v) is 5.37. The number of methoxy groups -OCH3 is 1. The highest BCUT2D eigenvalue weighted by Crippen LogP contribution is 2.24. The SMILES string of the molecule is COc1ccccc1NC(=O)Cn1nc2c(N3CCOCC3)nc3ccccc3n2c1=O. The number of morpholine rings is 1. The van der Waals surface area contributed by atoms with Gasteiger partial charge in [0.05, 0.1) is 37.0 Å². The van der Waals surface area contributed by atoms with E-state index in [1.54, 1.807) is 18.2 Å². The van der Waals surface area contributed by atoms with E-state index < -0.39 is 5.69 Å². The number of carbonyl (C=O) groups is 1. The maximum Gasteiger partial charge on any atom is 0.351 e. The van der Waals surface area contributed by atoms with Gasteiger partial charge < -0.3 is 19.7 Å². The van der Waals surface area contributed by atoms with E-state index in [2.05, 4.69) is 15.3 Å². The highest BCUT2D eigenvalue weighted by atomic mass is 16.5. The minimum absolute atomic E-state index is 0.241. The second-order valence-corrected chi connectivity index (χ2v) is 7.37. The van der Waals surface area contributed by atoms with Crippen LogP contribution < -0.4 is 20.6 Å². The normalized spacial score (nSPS) is 14.1. The van der Waals surface area contributed by atoms with Gasteiger partial charge >= 0.3 is 5.69 Å². The van der Waals surface area contributed by atoms with Gasteiger partial charge in [-0.15, -0.1) is 5.10 Å². The van der Waals surface area contributed by atoms with Crippen LogP contribution in [0.2, 0.25) is 0 Å². The van der Waals surface area contributed by atoms with Gasteiger partial charge in [-0.2, -0.15) is 0 Å². The Morgan fingerprint density at radius 3 is 2.69 bits per heavy atom. The first-order valence-electron chi connectivity index (χ1n) is 10.3. The molecule has 1 aliphatic rings. The van der Waals surface area contributed by atoms with E-state index in [9.17, 15) is 9.59 Å². The van der Waals surface area contributed by atoms with Crippen molar-refractivity contribution in [3.63, 3.8) is 0 Å². The molecule has 4 aromatic rings. The van der Waals surface area contributed by atoms with E-state index in [0.717, 1.165) is 4.68 Å². The van der Waals surface area contributed by atoms with Crippen LogP contribution in [0.25, 0.3) is 16.7 Å². The smallest absolute Gasteiger partial charge is 0.351 e. The summed E-state index contributed by atoms with van der Waals surface area (Å²) in [6.07, 6.45) is 0. The molecule has 10 nitrogen and oxygen atoms in total. The summed E-state index contributed by atoms with van der Waals surface area (Å²) in [4.78, 5) is 32.8. The molecule has 1 N–H and O–H groups in total. The van der Waals surface area contributed by atoms with Crippen LogP contribution in [-0.2, 0) is 16.1 Å². The number of ether oxygens (including phenoxy) is 2. The van der Waals surface area contributed by atoms with Crippen molar-refractivity contribution in [2.45, 2.75) is 6.54 Å². The van der Waals surface area contributed by atoms with Gasteiger partial charge in [0.1, 0.15) is 12.3 Å². The van der Waals surface area contributed by atoms with Crippen LogP contribution in [0.4, 0.5) is 11.5 Å². The number of nitrogens with zero attached hydrogens (tertiary/aromatic N) is 5. The van der Waals surface area contributed by atoms with Gasteiger partial charge in [-0.05, 0) is 24.3 Å². The van der Waals surface area contributed by atoms with Crippen LogP contribution in [-0.4, -0.2) is 58.5 Å². The predicted molar refractivity (Wildman–Crippen MR) is 119 cm³/mol. The van der Waals surface area contributed by atoms with Crippen LogP contribution in [0.5, 0.6) is 5.75 Å². The molecule has 0 unspecified atom stereocenters. The zero-order valence-corrected chi connectivity index (χ0v) is 17.5. The largest absolute Gasteiger partial charge is 0.495 e. The summed E-state index contributed by atoms with van der Waals surface area (Å²) in [5.41, 5.74) is 1.87. The number of para-hydroxylation sites is 4. The summed E-state index contributed by atoms with van der Waals surface area (Å²) >= 11 is 0. The molecule has 0 radical (unpaired) electrons. The average molecular weight is 434 g/mol. The summed E-state index contributed by atoms with van der Waals surface area (Å²) in [5.74, 6) is 0.756. The third kappa shape index (κ3) is 3.54. The van der Waals surface area contributed by atoms with E-state index in [4.69, 9.17) is 14.5 Å². The number of amides is 1. The minimum atomic E-state index is -0.400. The number of carbonyl (C=O) groups excluding carboxylic acids is 1. The Morgan fingerprint density at radius 2 is 1.88 bits per heavy atom. The Balaban J connectivity index is 1.55. The Kier molecular flexibility index (Phi) is 5.20. The van der Waals surface area contributed by atoms with Crippen molar-refractivity contribution < 1.29 is 14.3 Å². The number of benzene rings is 2. The quantitative estimate of drug-likeness (QED) is 0.508. The Bertz CT molecular complexity index is 1360. The van der Waals surface area contributed by atoms with Gasteiger partial charge in [-0.1, -0.05) is 24.3 Å². The Morgan fingerprint density at radius 1 is 1.12 bits per heavy atom. The molecule has 3 heterocycles. The van der Waals surface area contributed by atoms with Crippen molar-refractivity contribution in [1.29, 1.82) is 0 Å². The first kappa shape index (κ1) is 20.0. The number of nitrogens with one attached hydrogen (secondary N) is 1. The topological polar surface area (TPSA) is 103 Å². The van der Waals surface area contributed by atoms with E-state index in [1.165, 1.54) is 11.5 Å². The molecular weight excluding hydrogens is 412 g/mol. The summed E-state index contributed by atoms with van der Waals surface area (Å²) in [6, 6.07) is 14.5. The number of fused-ring (bicyclic) bond motifs is 3. The molecule has 1 fully saturated rings. The lowest BCUT2D eigenvalue weighted by Crippen LogP contribution is -2.37. The molecule has 0 atom stereocenters.